The van der Waals surface area contributed by atoms with E-state index in [4.69, 9.17) is 4.74 Å². The summed E-state index contributed by atoms with van der Waals surface area (Å²) in [6, 6.07) is 0. The molecule has 220 valence electrons. The number of carbonyl (C=O) groups excluding carboxylic acids is 2. The molecule has 1 N–H and O–H groups in total. The summed E-state index contributed by atoms with van der Waals surface area (Å²) in [4.78, 5) is 23.0. The van der Waals surface area contributed by atoms with Crippen LogP contribution in [0.15, 0.2) is 11.1 Å². The van der Waals surface area contributed by atoms with Crippen LogP contribution in [-0.4, -0.2) is 29.8 Å². The fraction of sp³-hybridized carbons (Fsp3) is 0.882. The Labute approximate surface area is 285 Å². The van der Waals surface area contributed by atoms with Gasteiger partial charge in [-0.25, -0.2) is 0 Å². The molecule has 5 rings (SSSR count). The molecule has 0 amide bonds. The van der Waals surface area contributed by atoms with Gasteiger partial charge in [-0.15, -0.1) is 0 Å². The van der Waals surface area contributed by atoms with Crippen LogP contribution in [0.2, 0.25) is 0 Å². The first-order valence-corrected chi connectivity index (χ1v) is 15.8. The molecule has 8 atom stereocenters. The van der Waals surface area contributed by atoms with E-state index in [1.165, 1.54) is 38.5 Å². The van der Waals surface area contributed by atoms with E-state index in [1.807, 2.05) is 0 Å². The molecule has 40 heavy (non-hydrogen) atoms. The molecule has 5 aliphatic rings. The molecule has 0 bridgehead atoms. The third kappa shape index (κ3) is 5.08. The predicted octanol–water partition coefficient (Wildman–Crippen LogP) is 3.37. The maximum absolute atomic E-state index is 12.3. The summed E-state index contributed by atoms with van der Waals surface area (Å²) in [5, 5.41) is 21.7. The second-order valence-electron chi connectivity index (χ2n) is 16.3. The number of rotatable bonds is 5. The van der Waals surface area contributed by atoms with Crippen molar-refractivity contribution in [2.24, 2.45) is 44.3 Å². The van der Waals surface area contributed by atoms with Gasteiger partial charge in [0.2, 0.25) is 0 Å². The van der Waals surface area contributed by atoms with E-state index in [0.29, 0.717) is 23.9 Å². The summed E-state index contributed by atoms with van der Waals surface area (Å²) >= 11 is 0. The largest absolute Gasteiger partial charge is 1.00 e. The standard InChI is InChI=1S/C34H54O5.K/c1-29(2)24-9-8-23-22(32(24,5)14-13-26(29)35)12-15-34(7)25-20-30(3,21-39-28(38)11-10-27(36)37)16-17-31(25,4)18-19-33(23,34)6;/h24-26,35H,8-21H2,1-7H3,(H,36,37);/q;+1/p-1/t24-,25+,26-,30+,31+,32+,33+,34-;/m0./s1. The first kappa shape index (κ1) is 33.2. The van der Waals surface area contributed by atoms with Crippen LogP contribution in [0.3, 0.4) is 0 Å². The first-order chi connectivity index (χ1) is 18.0. The van der Waals surface area contributed by atoms with Gasteiger partial charge in [0.15, 0.2) is 0 Å². The second-order valence-corrected chi connectivity index (χ2v) is 16.3. The maximum Gasteiger partial charge on any atom is 1.00 e. The van der Waals surface area contributed by atoms with Crippen molar-refractivity contribution in [3.05, 3.63) is 11.1 Å². The van der Waals surface area contributed by atoms with Crippen molar-refractivity contribution >= 4 is 11.9 Å². The number of esters is 1. The van der Waals surface area contributed by atoms with Gasteiger partial charge in [-0.05, 0) is 116 Å². The van der Waals surface area contributed by atoms with E-state index >= 15 is 0 Å². The van der Waals surface area contributed by atoms with Crippen molar-refractivity contribution in [3.8, 4) is 0 Å². The number of carbonyl (C=O) groups is 2. The molecule has 3 fully saturated rings. The fourth-order valence-corrected chi connectivity index (χ4v) is 11.0. The fourth-order valence-electron chi connectivity index (χ4n) is 11.0. The molecule has 3 saturated carbocycles. The van der Waals surface area contributed by atoms with E-state index in [-0.39, 0.29) is 97.4 Å². The van der Waals surface area contributed by atoms with Gasteiger partial charge in [-0.2, -0.15) is 0 Å². The normalized spacial score (nSPS) is 45.6. The molecule has 0 unspecified atom stereocenters. The van der Waals surface area contributed by atoms with Gasteiger partial charge in [0, 0.05) is 11.4 Å². The molecule has 0 aromatic heterocycles. The molecule has 6 heteroatoms. The Kier molecular flexibility index (Phi) is 9.14. The topological polar surface area (TPSA) is 86.7 Å². The maximum atomic E-state index is 12.3. The molecular weight excluding hydrogens is 527 g/mol. The minimum atomic E-state index is -1.21. The number of aliphatic carboxylic acids is 1. The third-order valence-corrected chi connectivity index (χ3v) is 13.9. The van der Waals surface area contributed by atoms with Crippen molar-refractivity contribution in [2.75, 3.05) is 6.61 Å². The minimum absolute atomic E-state index is 0. The average molecular weight is 581 g/mol. The molecule has 0 saturated heterocycles. The number of hydrogen-bond acceptors (Lipinski definition) is 5. The van der Waals surface area contributed by atoms with Crippen LogP contribution in [-0.2, 0) is 14.3 Å². The zero-order valence-corrected chi connectivity index (χ0v) is 29.8. The smallest absolute Gasteiger partial charge is 0.550 e. The Morgan fingerprint density at radius 3 is 2.20 bits per heavy atom. The summed E-state index contributed by atoms with van der Waals surface area (Å²) in [6.45, 7) is 17.5. The third-order valence-electron chi connectivity index (χ3n) is 13.9. The van der Waals surface area contributed by atoms with Crippen LogP contribution in [0.25, 0.3) is 0 Å². The van der Waals surface area contributed by atoms with Crippen LogP contribution in [0.4, 0.5) is 0 Å². The number of hydrogen-bond donors (Lipinski definition) is 1. The monoisotopic (exact) mass is 580 g/mol. The van der Waals surface area contributed by atoms with E-state index in [0.717, 1.165) is 32.1 Å². The van der Waals surface area contributed by atoms with Crippen molar-refractivity contribution < 1.29 is 75.9 Å². The zero-order chi connectivity index (χ0) is 28.6. The Balaban J connectivity index is 0.00000370. The number of allylic oxidation sites excluding steroid dienone is 2. The summed E-state index contributed by atoms with van der Waals surface area (Å²) in [5.74, 6) is -0.526. The van der Waals surface area contributed by atoms with Gasteiger partial charge in [-0.3, -0.25) is 4.79 Å². The quantitative estimate of drug-likeness (QED) is 0.306. The molecule has 0 aromatic rings. The van der Waals surface area contributed by atoms with Crippen LogP contribution in [0.1, 0.15) is 132 Å². The summed E-state index contributed by atoms with van der Waals surface area (Å²) < 4.78 is 5.67. The van der Waals surface area contributed by atoms with Crippen molar-refractivity contribution in [2.45, 2.75) is 138 Å². The second kappa shape index (κ2) is 11.0. The molecular formula is C34H53KO5. The Morgan fingerprint density at radius 2 is 1.52 bits per heavy atom. The molecule has 5 aliphatic carbocycles. The number of ether oxygens (including phenoxy) is 1. The number of carboxylic acid groups (broad SMARTS) is 1. The Hall–Kier alpha value is 0.276. The zero-order valence-electron chi connectivity index (χ0n) is 26.7. The van der Waals surface area contributed by atoms with Gasteiger partial charge in [-0.1, -0.05) is 59.6 Å². The van der Waals surface area contributed by atoms with Gasteiger partial charge < -0.3 is 19.7 Å². The van der Waals surface area contributed by atoms with E-state index in [9.17, 15) is 19.8 Å². The average Bonchev–Trinajstić information content (AvgIpc) is 2.86. The van der Waals surface area contributed by atoms with Crippen LogP contribution in [0, 0.1) is 44.3 Å². The van der Waals surface area contributed by atoms with Crippen molar-refractivity contribution in [1.29, 1.82) is 0 Å². The molecule has 0 spiro atoms. The van der Waals surface area contributed by atoms with Gasteiger partial charge in [0.25, 0.3) is 0 Å². The number of aliphatic hydroxyl groups excluding tert-OH is 1. The summed E-state index contributed by atoms with van der Waals surface area (Å²) in [5.41, 5.74) is 4.29. The first-order valence-electron chi connectivity index (χ1n) is 15.8. The molecule has 0 heterocycles. The Bertz CT molecular complexity index is 1070. The molecule has 0 aliphatic heterocycles. The molecule has 0 radical (unpaired) electrons. The predicted molar refractivity (Wildman–Crippen MR) is 150 cm³/mol. The van der Waals surface area contributed by atoms with Gasteiger partial charge in [0.1, 0.15) is 0 Å². The minimum Gasteiger partial charge on any atom is -0.550 e. The number of carboxylic acids is 1. The van der Waals surface area contributed by atoms with E-state index in [1.54, 1.807) is 11.1 Å². The molecule has 5 nitrogen and oxygen atoms in total. The van der Waals surface area contributed by atoms with Crippen molar-refractivity contribution in [1.82, 2.24) is 0 Å². The van der Waals surface area contributed by atoms with Crippen LogP contribution < -0.4 is 56.5 Å². The molecule has 0 aromatic carbocycles. The van der Waals surface area contributed by atoms with Crippen LogP contribution in [0.5, 0.6) is 0 Å². The number of aliphatic hydroxyl groups is 1. The van der Waals surface area contributed by atoms with Gasteiger partial charge in [0.05, 0.1) is 19.1 Å². The Morgan fingerprint density at radius 1 is 0.850 bits per heavy atom. The SMILES string of the molecule is CC1(C)[C@@H](O)CC[C@]2(C)C3=C(CC[C@@H]12)[C@@]1(C)CC[C@@]2(C)CC[C@@](C)(COC(=O)CCC(=O)[O-])C[C@H]2[C@]1(C)CC3.[K+]. The van der Waals surface area contributed by atoms with Crippen LogP contribution >= 0.6 is 0 Å². The summed E-state index contributed by atoms with van der Waals surface area (Å²) in [7, 11) is 0. The van der Waals surface area contributed by atoms with Gasteiger partial charge >= 0.3 is 57.4 Å². The van der Waals surface area contributed by atoms with Crippen molar-refractivity contribution in [3.63, 3.8) is 0 Å². The van der Waals surface area contributed by atoms with E-state index < -0.39 is 11.9 Å². The van der Waals surface area contributed by atoms with E-state index in [2.05, 4.69) is 48.5 Å². The number of fused-ring (bicyclic) bond motifs is 6. The summed E-state index contributed by atoms with van der Waals surface area (Å²) in [6.07, 6.45) is 12.0.